The van der Waals surface area contributed by atoms with Gasteiger partial charge in [-0.3, -0.25) is 4.79 Å². The molecular formula is C29H37N5O2S2. The molecule has 0 saturated carbocycles. The number of aromatic nitrogens is 3. The van der Waals surface area contributed by atoms with Gasteiger partial charge in [0.15, 0.2) is 17.1 Å². The normalized spacial score (nSPS) is 16.0. The smallest absolute Gasteiger partial charge is 0.235 e. The van der Waals surface area contributed by atoms with Crippen molar-refractivity contribution in [2.45, 2.75) is 85.5 Å². The molecule has 4 rings (SSSR count). The predicted octanol–water partition coefficient (Wildman–Crippen LogP) is 6.87. The van der Waals surface area contributed by atoms with E-state index in [-0.39, 0.29) is 23.2 Å². The van der Waals surface area contributed by atoms with E-state index in [1.54, 1.807) is 11.3 Å². The molecule has 3 aromatic rings. The standard InChI is InChI=1S/C29H37N5O2S2/c1-8-34-26(19(4)36-21-12-17(2)11-18(3)13-21)32-33-28(34)37-16-25(35)31-27-23(15-30)22-10-9-20(29(5,6)7)14-24(22)38-27/h11-13,19-20H,8-10,14,16H2,1-7H3,(H,31,35). The number of carbonyl (C=O) groups excluding carboxylic acids is 1. The second-order valence-corrected chi connectivity index (χ2v) is 13.2. The molecule has 1 aliphatic rings. The predicted molar refractivity (Wildman–Crippen MR) is 154 cm³/mol. The van der Waals surface area contributed by atoms with Gasteiger partial charge in [0.25, 0.3) is 0 Å². The van der Waals surface area contributed by atoms with E-state index >= 15 is 0 Å². The van der Waals surface area contributed by atoms with Gasteiger partial charge in [-0.25, -0.2) is 0 Å². The zero-order chi connectivity index (χ0) is 27.6. The summed E-state index contributed by atoms with van der Waals surface area (Å²) in [5.74, 6) is 2.14. The lowest BCUT2D eigenvalue weighted by Gasteiger charge is -2.33. The fourth-order valence-corrected chi connectivity index (χ4v) is 7.19. The number of rotatable bonds is 8. The van der Waals surface area contributed by atoms with Crippen molar-refractivity contribution >= 4 is 34.0 Å². The average molecular weight is 552 g/mol. The molecule has 7 nitrogen and oxygen atoms in total. The minimum atomic E-state index is -0.292. The van der Waals surface area contributed by atoms with Gasteiger partial charge in [-0.1, -0.05) is 38.6 Å². The second kappa shape index (κ2) is 11.5. The van der Waals surface area contributed by atoms with Gasteiger partial charge in [-0.15, -0.1) is 21.5 Å². The number of thiophene rings is 1. The van der Waals surface area contributed by atoms with Crippen molar-refractivity contribution in [1.82, 2.24) is 14.8 Å². The fraction of sp³-hybridized carbons (Fsp3) is 0.517. The first-order valence-corrected chi connectivity index (χ1v) is 15.0. The largest absolute Gasteiger partial charge is 0.483 e. The van der Waals surface area contributed by atoms with E-state index in [4.69, 9.17) is 4.74 Å². The van der Waals surface area contributed by atoms with Crippen LogP contribution in [0.2, 0.25) is 0 Å². The van der Waals surface area contributed by atoms with Crippen LogP contribution in [0.25, 0.3) is 0 Å². The number of thioether (sulfide) groups is 1. The van der Waals surface area contributed by atoms with Crippen molar-refractivity contribution < 1.29 is 9.53 Å². The quantitative estimate of drug-likeness (QED) is 0.307. The maximum atomic E-state index is 12.9. The van der Waals surface area contributed by atoms with Gasteiger partial charge in [0.05, 0.1) is 11.3 Å². The lowest BCUT2D eigenvalue weighted by atomic mass is 9.72. The molecule has 2 heterocycles. The van der Waals surface area contributed by atoms with Crippen molar-refractivity contribution in [3.8, 4) is 11.8 Å². The second-order valence-electron chi connectivity index (χ2n) is 11.1. The SMILES string of the molecule is CCn1c(SCC(=O)Nc2sc3c(c2C#N)CCC(C(C)(C)C)C3)nnc1C(C)Oc1cc(C)cc(C)c1. The molecule has 1 aromatic carbocycles. The van der Waals surface area contributed by atoms with Crippen molar-refractivity contribution in [2.24, 2.45) is 11.3 Å². The minimum absolute atomic E-state index is 0.149. The molecule has 0 aliphatic heterocycles. The summed E-state index contributed by atoms with van der Waals surface area (Å²) in [6, 6.07) is 8.48. The molecule has 202 valence electrons. The summed E-state index contributed by atoms with van der Waals surface area (Å²) in [4.78, 5) is 14.2. The summed E-state index contributed by atoms with van der Waals surface area (Å²) in [5, 5.41) is 22.9. The number of nitriles is 1. The van der Waals surface area contributed by atoms with Gasteiger partial charge < -0.3 is 14.6 Å². The third-order valence-corrected chi connectivity index (χ3v) is 9.26. The number of aryl methyl sites for hydroxylation is 2. The molecule has 2 unspecified atom stereocenters. The van der Waals surface area contributed by atoms with Crippen molar-refractivity contribution in [2.75, 3.05) is 11.1 Å². The lowest BCUT2D eigenvalue weighted by molar-refractivity contribution is -0.113. The number of amides is 1. The maximum absolute atomic E-state index is 12.9. The Hall–Kier alpha value is -2.83. The zero-order valence-electron chi connectivity index (χ0n) is 23.3. The number of benzene rings is 1. The van der Waals surface area contributed by atoms with Gasteiger partial charge in [-0.05, 0) is 87.1 Å². The highest BCUT2D eigenvalue weighted by Crippen LogP contribution is 2.44. The highest BCUT2D eigenvalue weighted by Gasteiger charge is 2.32. The third-order valence-electron chi connectivity index (χ3n) is 7.12. The first-order chi connectivity index (χ1) is 18.0. The first kappa shape index (κ1) is 28.2. The summed E-state index contributed by atoms with van der Waals surface area (Å²) in [7, 11) is 0. The maximum Gasteiger partial charge on any atom is 0.235 e. The molecule has 9 heteroatoms. The van der Waals surface area contributed by atoms with Crippen LogP contribution < -0.4 is 10.1 Å². The molecular weight excluding hydrogens is 514 g/mol. The lowest BCUT2D eigenvalue weighted by Crippen LogP contribution is -2.26. The van der Waals surface area contributed by atoms with E-state index in [0.717, 1.165) is 47.5 Å². The number of nitrogens with one attached hydrogen (secondary N) is 1. The Morgan fingerprint density at radius 2 is 2.00 bits per heavy atom. The number of hydrogen-bond donors (Lipinski definition) is 1. The number of anilines is 1. The molecule has 0 bridgehead atoms. The number of carbonyl (C=O) groups is 1. The number of nitrogens with zero attached hydrogens (tertiary/aromatic N) is 4. The van der Waals surface area contributed by atoms with Gasteiger partial charge >= 0.3 is 0 Å². The van der Waals surface area contributed by atoms with Crippen LogP contribution in [0.5, 0.6) is 5.75 Å². The van der Waals surface area contributed by atoms with E-state index < -0.39 is 0 Å². The average Bonchev–Trinajstić information content (AvgIpc) is 3.41. The summed E-state index contributed by atoms with van der Waals surface area (Å²) >= 11 is 2.91. The highest BCUT2D eigenvalue weighted by molar-refractivity contribution is 7.99. The van der Waals surface area contributed by atoms with Gasteiger partial charge in [0.2, 0.25) is 5.91 Å². The molecule has 0 radical (unpaired) electrons. The van der Waals surface area contributed by atoms with Crippen LogP contribution in [0.4, 0.5) is 5.00 Å². The van der Waals surface area contributed by atoms with Crippen LogP contribution in [0, 0.1) is 36.5 Å². The van der Waals surface area contributed by atoms with Crippen molar-refractivity contribution in [1.29, 1.82) is 5.26 Å². The van der Waals surface area contributed by atoms with E-state index in [2.05, 4.69) is 48.4 Å². The summed E-state index contributed by atoms with van der Waals surface area (Å²) in [6.07, 6.45) is 2.64. The topological polar surface area (TPSA) is 92.8 Å². The molecule has 1 N–H and O–H groups in total. The van der Waals surface area contributed by atoms with E-state index in [1.165, 1.54) is 16.6 Å². The van der Waals surface area contributed by atoms with Crippen LogP contribution in [0.1, 0.15) is 80.1 Å². The Balaban J connectivity index is 1.41. The third kappa shape index (κ3) is 6.24. The molecule has 0 spiro atoms. The Morgan fingerprint density at radius 1 is 1.29 bits per heavy atom. The van der Waals surface area contributed by atoms with E-state index in [1.807, 2.05) is 44.4 Å². The minimum Gasteiger partial charge on any atom is -0.483 e. The van der Waals surface area contributed by atoms with Crippen LogP contribution >= 0.6 is 23.1 Å². The summed E-state index contributed by atoms with van der Waals surface area (Å²) in [6.45, 7) is 15.6. The Labute approximate surface area is 234 Å². The monoisotopic (exact) mass is 551 g/mol. The van der Waals surface area contributed by atoms with Crippen LogP contribution in [0.3, 0.4) is 0 Å². The molecule has 0 saturated heterocycles. The van der Waals surface area contributed by atoms with Crippen molar-refractivity contribution in [3.63, 3.8) is 0 Å². The van der Waals surface area contributed by atoms with E-state index in [0.29, 0.717) is 28.2 Å². The molecule has 1 amide bonds. The Kier molecular flexibility index (Phi) is 8.53. The molecule has 0 fully saturated rings. The zero-order valence-corrected chi connectivity index (χ0v) is 25.0. The summed E-state index contributed by atoms with van der Waals surface area (Å²) < 4.78 is 8.16. The van der Waals surface area contributed by atoms with Crippen LogP contribution in [0.15, 0.2) is 23.4 Å². The first-order valence-electron chi connectivity index (χ1n) is 13.2. The fourth-order valence-electron chi connectivity index (χ4n) is 5.09. The molecule has 2 atom stereocenters. The van der Waals surface area contributed by atoms with Gasteiger partial charge in [0, 0.05) is 11.4 Å². The molecule has 38 heavy (non-hydrogen) atoms. The Morgan fingerprint density at radius 3 is 2.63 bits per heavy atom. The summed E-state index contributed by atoms with van der Waals surface area (Å²) in [5.41, 5.74) is 4.27. The molecule has 2 aromatic heterocycles. The van der Waals surface area contributed by atoms with Crippen LogP contribution in [-0.4, -0.2) is 26.4 Å². The number of fused-ring (bicyclic) bond motifs is 1. The molecule has 1 aliphatic carbocycles. The Bertz CT molecular complexity index is 1340. The highest BCUT2D eigenvalue weighted by atomic mass is 32.2. The van der Waals surface area contributed by atoms with E-state index in [9.17, 15) is 10.1 Å². The van der Waals surface area contributed by atoms with Crippen LogP contribution in [-0.2, 0) is 24.2 Å². The van der Waals surface area contributed by atoms with Gasteiger partial charge in [-0.2, -0.15) is 5.26 Å². The van der Waals surface area contributed by atoms with Gasteiger partial charge in [0.1, 0.15) is 16.8 Å². The van der Waals surface area contributed by atoms with Crippen molar-refractivity contribution in [3.05, 3.63) is 51.2 Å². The number of ether oxygens (including phenoxy) is 1. The number of hydrogen-bond acceptors (Lipinski definition) is 7.